The Hall–Kier alpha value is -1.46. The van der Waals surface area contributed by atoms with Crippen LogP contribution in [0.2, 0.25) is 5.15 Å². The lowest BCUT2D eigenvalue weighted by Crippen LogP contribution is -1.89. The topological polar surface area (TPSA) is 40.6 Å². The Morgan fingerprint density at radius 1 is 1.06 bits per heavy atom. The van der Waals surface area contributed by atoms with E-state index in [0.717, 1.165) is 0 Å². The molecule has 0 saturated heterocycles. The summed E-state index contributed by atoms with van der Waals surface area (Å²) in [6.07, 6.45) is 0. The van der Waals surface area contributed by atoms with E-state index in [2.05, 4.69) is 4.98 Å². The first kappa shape index (κ1) is 12.0. The SMILES string of the molecule is COc1cc(OC)cc(Oc2nc(Cl)cs2)c1. The van der Waals surface area contributed by atoms with Crippen LogP contribution in [0.25, 0.3) is 0 Å². The molecule has 0 aliphatic heterocycles. The molecular formula is C11H10ClNO3S. The van der Waals surface area contributed by atoms with Crippen molar-refractivity contribution in [1.29, 1.82) is 0 Å². The number of aromatic nitrogens is 1. The summed E-state index contributed by atoms with van der Waals surface area (Å²) in [4.78, 5) is 4.00. The lowest BCUT2D eigenvalue weighted by molar-refractivity contribution is 0.386. The molecule has 0 unspecified atom stereocenters. The summed E-state index contributed by atoms with van der Waals surface area (Å²) in [6.45, 7) is 0. The maximum Gasteiger partial charge on any atom is 0.280 e. The molecule has 2 rings (SSSR count). The minimum absolute atomic E-state index is 0.417. The molecular weight excluding hydrogens is 262 g/mol. The third-order valence-electron chi connectivity index (χ3n) is 1.99. The lowest BCUT2D eigenvalue weighted by atomic mass is 10.3. The highest BCUT2D eigenvalue weighted by molar-refractivity contribution is 7.11. The maximum absolute atomic E-state index is 5.71. The quantitative estimate of drug-likeness (QED) is 0.852. The zero-order valence-corrected chi connectivity index (χ0v) is 10.8. The molecule has 0 aliphatic rings. The van der Waals surface area contributed by atoms with Crippen LogP contribution in [0.3, 0.4) is 0 Å². The fourth-order valence-corrected chi connectivity index (χ4v) is 2.03. The number of benzene rings is 1. The van der Waals surface area contributed by atoms with Crippen LogP contribution >= 0.6 is 22.9 Å². The third kappa shape index (κ3) is 3.01. The van der Waals surface area contributed by atoms with Crippen molar-refractivity contribution in [3.63, 3.8) is 0 Å². The molecule has 0 aliphatic carbocycles. The molecule has 0 fully saturated rings. The lowest BCUT2D eigenvalue weighted by Gasteiger charge is -2.07. The van der Waals surface area contributed by atoms with Gasteiger partial charge in [0.05, 0.1) is 14.2 Å². The second-order valence-electron chi connectivity index (χ2n) is 3.09. The van der Waals surface area contributed by atoms with E-state index in [9.17, 15) is 0 Å². The molecule has 1 aromatic carbocycles. The van der Waals surface area contributed by atoms with Gasteiger partial charge in [0.2, 0.25) is 0 Å². The Morgan fingerprint density at radius 2 is 1.65 bits per heavy atom. The first-order valence-corrected chi connectivity index (χ1v) is 5.99. The van der Waals surface area contributed by atoms with Gasteiger partial charge in [-0.15, -0.1) is 0 Å². The second kappa shape index (κ2) is 5.25. The van der Waals surface area contributed by atoms with Crippen LogP contribution in [0.1, 0.15) is 0 Å². The number of methoxy groups -OCH3 is 2. The summed E-state index contributed by atoms with van der Waals surface area (Å²) >= 11 is 7.04. The number of nitrogens with zero attached hydrogens (tertiary/aromatic N) is 1. The average molecular weight is 272 g/mol. The number of rotatable bonds is 4. The van der Waals surface area contributed by atoms with Gasteiger partial charge < -0.3 is 14.2 Å². The van der Waals surface area contributed by atoms with Crippen LogP contribution in [0.15, 0.2) is 23.6 Å². The molecule has 0 saturated carbocycles. The van der Waals surface area contributed by atoms with E-state index in [1.165, 1.54) is 11.3 Å². The molecule has 4 nitrogen and oxygen atoms in total. The van der Waals surface area contributed by atoms with E-state index >= 15 is 0 Å². The van der Waals surface area contributed by atoms with E-state index < -0.39 is 0 Å². The molecule has 90 valence electrons. The minimum atomic E-state index is 0.417. The number of ether oxygens (including phenoxy) is 3. The summed E-state index contributed by atoms with van der Waals surface area (Å²) in [6, 6.07) is 5.26. The van der Waals surface area contributed by atoms with E-state index in [-0.39, 0.29) is 0 Å². The molecule has 6 heteroatoms. The van der Waals surface area contributed by atoms with Crippen LogP contribution < -0.4 is 14.2 Å². The highest BCUT2D eigenvalue weighted by Gasteiger charge is 2.06. The fraction of sp³-hybridized carbons (Fsp3) is 0.182. The molecule has 0 bridgehead atoms. The van der Waals surface area contributed by atoms with Crippen LogP contribution in [0.4, 0.5) is 0 Å². The summed E-state index contributed by atoms with van der Waals surface area (Å²) in [7, 11) is 3.16. The summed E-state index contributed by atoms with van der Waals surface area (Å²) < 4.78 is 15.8. The first-order valence-electron chi connectivity index (χ1n) is 4.73. The van der Waals surface area contributed by atoms with E-state index in [1.807, 2.05) is 0 Å². The van der Waals surface area contributed by atoms with Crippen LogP contribution in [0.5, 0.6) is 22.4 Å². The molecule has 1 heterocycles. The van der Waals surface area contributed by atoms with E-state index in [1.54, 1.807) is 37.8 Å². The number of halogens is 1. The Balaban J connectivity index is 2.25. The van der Waals surface area contributed by atoms with Crippen molar-refractivity contribution < 1.29 is 14.2 Å². The molecule has 1 aromatic heterocycles. The van der Waals surface area contributed by atoms with Crippen molar-refractivity contribution in [2.24, 2.45) is 0 Å². The van der Waals surface area contributed by atoms with Gasteiger partial charge in [0, 0.05) is 23.6 Å². The van der Waals surface area contributed by atoms with Gasteiger partial charge in [-0.3, -0.25) is 0 Å². The zero-order valence-electron chi connectivity index (χ0n) is 9.27. The highest BCUT2D eigenvalue weighted by Crippen LogP contribution is 2.32. The van der Waals surface area contributed by atoms with Crippen molar-refractivity contribution in [2.75, 3.05) is 14.2 Å². The number of hydrogen-bond donors (Lipinski definition) is 0. The van der Waals surface area contributed by atoms with Gasteiger partial charge in [-0.25, -0.2) is 0 Å². The third-order valence-corrected chi connectivity index (χ3v) is 3.03. The molecule has 0 N–H and O–H groups in total. The average Bonchev–Trinajstić information content (AvgIpc) is 2.74. The van der Waals surface area contributed by atoms with Gasteiger partial charge in [0.25, 0.3) is 5.19 Å². The van der Waals surface area contributed by atoms with E-state index in [0.29, 0.717) is 27.6 Å². The Kier molecular flexibility index (Phi) is 3.71. The largest absolute Gasteiger partial charge is 0.496 e. The summed E-state index contributed by atoms with van der Waals surface area (Å²) in [5.74, 6) is 1.90. The Labute approximate surface area is 108 Å². The minimum Gasteiger partial charge on any atom is -0.496 e. The van der Waals surface area contributed by atoms with E-state index in [4.69, 9.17) is 25.8 Å². The summed E-state index contributed by atoms with van der Waals surface area (Å²) in [5.41, 5.74) is 0. The number of hydrogen-bond acceptors (Lipinski definition) is 5. The van der Waals surface area contributed by atoms with Crippen molar-refractivity contribution in [2.45, 2.75) is 0 Å². The number of thiazole rings is 1. The Bertz CT molecular complexity index is 493. The monoisotopic (exact) mass is 271 g/mol. The van der Waals surface area contributed by atoms with Gasteiger partial charge in [-0.05, 0) is 0 Å². The molecule has 0 radical (unpaired) electrons. The van der Waals surface area contributed by atoms with Crippen LogP contribution in [-0.4, -0.2) is 19.2 Å². The molecule has 2 aromatic rings. The maximum atomic E-state index is 5.71. The first-order chi connectivity index (χ1) is 8.21. The van der Waals surface area contributed by atoms with Crippen molar-refractivity contribution >= 4 is 22.9 Å². The molecule has 17 heavy (non-hydrogen) atoms. The van der Waals surface area contributed by atoms with Crippen molar-refractivity contribution in [3.8, 4) is 22.4 Å². The molecule has 0 amide bonds. The summed E-state index contributed by atoms with van der Waals surface area (Å²) in [5, 5.41) is 2.60. The second-order valence-corrected chi connectivity index (χ2v) is 4.29. The van der Waals surface area contributed by atoms with Gasteiger partial charge in [-0.2, -0.15) is 4.98 Å². The van der Waals surface area contributed by atoms with Crippen molar-refractivity contribution in [3.05, 3.63) is 28.7 Å². The van der Waals surface area contributed by atoms with Gasteiger partial charge in [-0.1, -0.05) is 22.9 Å². The Morgan fingerprint density at radius 3 is 2.12 bits per heavy atom. The van der Waals surface area contributed by atoms with Crippen molar-refractivity contribution in [1.82, 2.24) is 4.98 Å². The fourth-order valence-electron chi connectivity index (χ4n) is 1.23. The molecule has 0 atom stereocenters. The highest BCUT2D eigenvalue weighted by atomic mass is 35.5. The molecule has 0 spiro atoms. The van der Waals surface area contributed by atoms with Gasteiger partial charge in [0.15, 0.2) is 0 Å². The predicted molar refractivity (Wildman–Crippen MR) is 66.7 cm³/mol. The van der Waals surface area contributed by atoms with Crippen LogP contribution in [0, 0.1) is 0 Å². The zero-order chi connectivity index (χ0) is 12.3. The normalized spacial score (nSPS) is 10.1. The van der Waals surface area contributed by atoms with Crippen LogP contribution in [-0.2, 0) is 0 Å². The standard InChI is InChI=1S/C11H10ClNO3S/c1-14-7-3-8(15-2)5-9(4-7)16-11-13-10(12)6-17-11/h3-6H,1-2H3. The predicted octanol–water partition coefficient (Wildman–Crippen LogP) is 3.61. The van der Waals surface area contributed by atoms with Gasteiger partial charge in [0.1, 0.15) is 22.4 Å². The smallest absolute Gasteiger partial charge is 0.280 e. The van der Waals surface area contributed by atoms with Gasteiger partial charge >= 0.3 is 0 Å².